The molecule has 242 valence electrons. The number of hydrogen-bond acceptors (Lipinski definition) is 8. The second-order valence-corrected chi connectivity index (χ2v) is 12.4. The second kappa shape index (κ2) is 12.8. The maximum Gasteiger partial charge on any atom is 0.312 e. The van der Waals surface area contributed by atoms with Crippen LogP contribution in [0.25, 0.3) is 11.0 Å². The molecule has 2 bridgehead atoms. The molecule has 11 nitrogen and oxygen atoms in total. The molecule has 2 amide bonds. The Morgan fingerprint density at radius 2 is 1.91 bits per heavy atom. The molecule has 3 aromatic rings. The fraction of sp³-hybridized carbons (Fsp3) is 0.457. The van der Waals surface area contributed by atoms with E-state index in [0.717, 1.165) is 11.1 Å². The number of ether oxygens (including phenoxy) is 2. The summed E-state index contributed by atoms with van der Waals surface area (Å²) in [5.74, 6) is -3.06. The molecule has 3 aliphatic heterocycles. The Bertz CT molecular complexity index is 1630. The Balaban J connectivity index is 1.43. The highest BCUT2D eigenvalue weighted by molar-refractivity contribution is 5.98. The smallest absolute Gasteiger partial charge is 0.312 e. The summed E-state index contributed by atoms with van der Waals surface area (Å²) >= 11 is 0. The number of aromatic nitrogens is 3. The second-order valence-electron chi connectivity index (χ2n) is 12.4. The van der Waals surface area contributed by atoms with Crippen LogP contribution in [0.4, 0.5) is 0 Å². The molecule has 4 heterocycles. The fourth-order valence-corrected chi connectivity index (χ4v) is 7.89. The van der Waals surface area contributed by atoms with Gasteiger partial charge in [-0.15, -0.1) is 18.3 Å². The molecular weight excluding hydrogens is 586 g/mol. The van der Waals surface area contributed by atoms with Crippen molar-refractivity contribution in [3.8, 4) is 0 Å². The fourth-order valence-electron chi connectivity index (χ4n) is 7.89. The molecule has 6 atom stereocenters. The number of para-hydroxylation sites is 1. The van der Waals surface area contributed by atoms with Crippen LogP contribution in [0.5, 0.6) is 0 Å². The maximum atomic E-state index is 15.0. The van der Waals surface area contributed by atoms with Gasteiger partial charge in [-0.3, -0.25) is 14.4 Å². The number of likely N-dealkylation sites (tertiary alicyclic amines) is 1. The number of carbonyl (C=O) groups is 3. The highest BCUT2D eigenvalue weighted by Crippen LogP contribution is 2.65. The van der Waals surface area contributed by atoms with E-state index in [1.807, 2.05) is 61.5 Å². The van der Waals surface area contributed by atoms with Gasteiger partial charge in [0.15, 0.2) is 0 Å². The minimum Gasteiger partial charge on any atom is -0.465 e. The lowest BCUT2D eigenvalue weighted by atomic mass is 9.65. The molecule has 6 rings (SSSR count). The lowest BCUT2D eigenvalue weighted by Gasteiger charge is -2.39. The van der Waals surface area contributed by atoms with Crippen LogP contribution in [0.15, 0.2) is 79.9 Å². The van der Waals surface area contributed by atoms with Gasteiger partial charge in [0.2, 0.25) is 11.8 Å². The van der Waals surface area contributed by atoms with Crippen molar-refractivity contribution in [1.29, 1.82) is 0 Å². The van der Waals surface area contributed by atoms with Crippen molar-refractivity contribution >= 4 is 28.8 Å². The van der Waals surface area contributed by atoms with E-state index in [2.05, 4.69) is 23.5 Å². The van der Waals surface area contributed by atoms with E-state index in [4.69, 9.17) is 9.47 Å². The topological polar surface area (TPSA) is 127 Å². The summed E-state index contributed by atoms with van der Waals surface area (Å²) in [6.45, 7) is 9.52. The molecule has 11 heteroatoms. The Morgan fingerprint density at radius 1 is 1.15 bits per heavy atom. The van der Waals surface area contributed by atoms with Crippen molar-refractivity contribution in [3.05, 3.63) is 85.5 Å². The number of amides is 2. The van der Waals surface area contributed by atoms with Crippen molar-refractivity contribution < 1.29 is 29.0 Å². The van der Waals surface area contributed by atoms with Gasteiger partial charge in [0.05, 0.1) is 36.3 Å². The van der Waals surface area contributed by atoms with Crippen LogP contribution in [0, 0.1) is 11.8 Å². The van der Waals surface area contributed by atoms with Crippen LogP contribution in [0.2, 0.25) is 0 Å². The number of esters is 1. The summed E-state index contributed by atoms with van der Waals surface area (Å²) in [4.78, 5) is 46.6. The van der Waals surface area contributed by atoms with E-state index in [1.54, 1.807) is 21.7 Å². The van der Waals surface area contributed by atoms with E-state index in [0.29, 0.717) is 37.6 Å². The molecule has 3 saturated heterocycles. The Hall–Kier alpha value is -4.35. The van der Waals surface area contributed by atoms with E-state index < -0.39 is 41.1 Å². The lowest BCUT2D eigenvalue weighted by molar-refractivity contribution is -0.163. The molecule has 1 spiro atoms. The van der Waals surface area contributed by atoms with Crippen LogP contribution in [0.3, 0.4) is 0 Å². The summed E-state index contributed by atoms with van der Waals surface area (Å²) in [6, 6.07) is 15.2. The van der Waals surface area contributed by atoms with Crippen LogP contribution in [-0.2, 0) is 36.9 Å². The molecule has 1 N–H and O–H groups in total. The zero-order valence-electron chi connectivity index (χ0n) is 26.2. The van der Waals surface area contributed by atoms with Gasteiger partial charge in [-0.25, -0.2) is 4.68 Å². The predicted molar refractivity (Wildman–Crippen MR) is 170 cm³/mol. The first-order valence-electron chi connectivity index (χ1n) is 16.0. The van der Waals surface area contributed by atoms with Gasteiger partial charge in [0, 0.05) is 6.54 Å². The molecular formula is C35H41N5O6. The third-order valence-electron chi connectivity index (χ3n) is 9.98. The van der Waals surface area contributed by atoms with Gasteiger partial charge in [-0.05, 0) is 49.8 Å². The molecule has 3 fully saturated rings. The van der Waals surface area contributed by atoms with Crippen molar-refractivity contribution in [3.63, 3.8) is 0 Å². The average Bonchev–Trinajstić information content (AvgIpc) is 3.81. The van der Waals surface area contributed by atoms with Crippen LogP contribution in [-0.4, -0.2) is 90.7 Å². The number of aliphatic hydroxyl groups is 1. The number of rotatable bonds is 14. The molecule has 1 aromatic heterocycles. The van der Waals surface area contributed by atoms with E-state index >= 15 is 0 Å². The number of nitrogens with zero attached hydrogens (tertiary/aromatic N) is 5. The summed E-state index contributed by atoms with van der Waals surface area (Å²) in [7, 11) is 0. The number of aliphatic hydroxyl groups excluding tert-OH is 1. The van der Waals surface area contributed by atoms with Crippen LogP contribution in [0.1, 0.15) is 38.2 Å². The molecule has 2 aromatic carbocycles. The zero-order valence-corrected chi connectivity index (χ0v) is 26.2. The first-order valence-corrected chi connectivity index (χ1v) is 16.0. The van der Waals surface area contributed by atoms with Gasteiger partial charge in [0.25, 0.3) is 0 Å². The normalized spacial score (nSPS) is 27.0. The van der Waals surface area contributed by atoms with Crippen LogP contribution < -0.4 is 0 Å². The van der Waals surface area contributed by atoms with Crippen molar-refractivity contribution in [2.45, 2.75) is 69.0 Å². The van der Waals surface area contributed by atoms with Gasteiger partial charge in [0.1, 0.15) is 29.7 Å². The number of carbonyl (C=O) groups excluding carboxylic acids is 3. The Morgan fingerprint density at radius 3 is 2.63 bits per heavy atom. The SMILES string of the molecule is C=CCCOC(=O)[C@H]1[C@H]2C(=O)N([C@@H](CO)Cc3ccccc3)C(C(=O)N(CC=C)Cn3nnc4ccccc43)C23CC[C@]1(CC)O3. The van der Waals surface area contributed by atoms with Gasteiger partial charge < -0.3 is 24.4 Å². The van der Waals surface area contributed by atoms with Gasteiger partial charge >= 0.3 is 5.97 Å². The van der Waals surface area contributed by atoms with Crippen molar-refractivity contribution in [1.82, 2.24) is 24.8 Å². The quantitative estimate of drug-likeness (QED) is 0.164. The van der Waals surface area contributed by atoms with Gasteiger partial charge in [-0.2, -0.15) is 0 Å². The highest BCUT2D eigenvalue weighted by Gasteiger charge is 2.79. The minimum absolute atomic E-state index is 0.0546. The monoisotopic (exact) mass is 627 g/mol. The number of benzene rings is 2. The molecule has 2 unspecified atom stereocenters. The van der Waals surface area contributed by atoms with E-state index in [9.17, 15) is 19.5 Å². The standard InChI is InChI=1S/C35H41N5O6/c1-4-7-20-45-33(44)29-28-31(42)40(25(22-41)21-24-13-9-8-10-14-24)30(35(28)18-17-34(29,6-3)46-35)32(43)38(19-5-2)23-39-27-16-12-11-15-26(27)36-37-39/h4-5,8-16,25,28-30,41H,1-2,6-7,17-23H2,3H3/t25-,28+,29-,30?,34+,35?/m1/s1. The summed E-state index contributed by atoms with van der Waals surface area (Å²) in [5.41, 5.74) is 0.134. The summed E-state index contributed by atoms with van der Waals surface area (Å²) < 4.78 is 14.2. The lowest BCUT2D eigenvalue weighted by Crippen LogP contribution is -2.59. The third kappa shape index (κ3) is 5.11. The third-order valence-corrected chi connectivity index (χ3v) is 9.98. The molecule has 0 radical (unpaired) electrons. The first-order chi connectivity index (χ1) is 22.3. The summed E-state index contributed by atoms with van der Waals surface area (Å²) in [5, 5.41) is 19.3. The molecule has 0 aliphatic carbocycles. The first kappa shape index (κ1) is 31.6. The Labute approximate surface area is 268 Å². The van der Waals surface area contributed by atoms with E-state index in [-0.39, 0.29) is 38.2 Å². The van der Waals surface area contributed by atoms with Crippen molar-refractivity contribution in [2.24, 2.45) is 11.8 Å². The maximum absolute atomic E-state index is 15.0. The van der Waals surface area contributed by atoms with Gasteiger partial charge in [-0.1, -0.05) is 66.8 Å². The molecule has 3 aliphatic rings. The summed E-state index contributed by atoms with van der Waals surface area (Å²) in [6.07, 6.45) is 5.49. The molecule has 46 heavy (non-hydrogen) atoms. The van der Waals surface area contributed by atoms with E-state index in [1.165, 1.54) is 4.90 Å². The molecule has 0 saturated carbocycles. The number of hydrogen-bond donors (Lipinski definition) is 1. The zero-order chi connectivity index (χ0) is 32.5. The highest BCUT2D eigenvalue weighted by atomic mass is 16.6. The largest absolute Gasteiger partial charge is 0.465 e. The van der Waals surface area contributed by atoms with Crippen molar-refractivity contribution in [2.75, 3.05) is 19.8 Å². The van der Waals surface area contributed by atoms with Crippen LogP contribution >= 0.6 is 0 Å². The minimum atomic E-state index is -1.28. The predicted octanol–water partition coefficient (Wildman–Crippen LogP) is 3.28. The Kier molecular flexibility index (Phi) is 8.80. The number of fused-ring (bicyclic) bond motifs is 2. The average molecular weight is 628 g/mol.